The van der Waals surface area contributed by atoms with Crippen LogP contribution in [-0.4, -0.2) is 52.2 Å². The van der Waals surface area contributed by atoms with Crippen LogP contribution in [0.25, 0.3) is 11.3 Å². The second kappa shape index (κ2) is 9.08. The summed E-state index contributed by atoms with van der Waals surface area (Å²) in [4.78, 5) is 11.3. The Bertz CT molecular complexity index is 819. The number of piperazine rings is 1. The molecule has 1 N–H and O–H groups in total. The molecule has 0 saturated carbocycles. The minimum Gasteiger partial charge on any atom is -0.396 e. The van der Waals surface area contributed by atoms with Gasteiger partial charge in [-0.3, -0.25) is 9.80 Å². The van der Waals surface area contributed by atoms with Crippen molar-refractivity contribution in [3.63, 3.8) is 0 Å². The van der Waals surface area contributed by atoms with Gasteiger partial charge in [-0.1, -0.05) is 36.4 Å². The summed E-state index contributed by atoms with van der Waals surface area (Å²) in [7, 11) is 0. The standard InChI is InChI=1S/C21H25N3OS2/c25-11-8-18-13-23(9-10-24(18)14-19-7-4-12-26-19)15-21-22-20(16-27-21)17-5-2-1-3-6-17/h1-7,12,16,18,25H,8-11,13-15H2/t18-/m0/s1. The van der Waals surface area contributed by atoms with E-state index in [1.807, 2.05) is 17.4 Å². The molecule has 1 fully saturated rings. The molecule has 0 aliphatic carbocycles. The van der Waals surface area contributed by atoms with Crippen LogP contribution in [0.15, 0.2) is 53.2 Å². The highest BCUT2D eigenvalue weighted by Gasteiger charge is 2.27. The van der Waals surface area contributed by atoms with Crippen LogP contribution in [0.4, 0.5) is 0 Å². The van der Waals surface area contributed by atoms with Crippen molar-refractivity contribution in [3.05, 3.63) is 63.1 Å². The minimum atomic E-state index is 0.245. The zero-order chi connectivity index (χ0) is 18.5. The van der Waals surface area contributed by atoms with E-state index in [2.05, 4.69) is 57.0 Å². The molecular formula is C21H25N3OS2. The maximum absolute atomic E-state index is 9.51. The fourth-order valence-electron chi connectivity index (χ4n) is 3.65. The summed E-state index contributed by atoms with van der Waals surface area (Å²) in [5.74, 6) is 0. The van der Waals surface area contributed by atoms with Crippen molar-refractivity contribution in [1.29, 1.82) is 0 Å². The lowest BCUT2D eigenvalue weighted by Crippen LogP contribution is -2.52. The number of thiophene rings is 1. The summed E-state index contributed by atoms with van der Waals surface area (Å²) in [6, 6.07) is 15.1. The van der Waals surface area contributed by atoms with E-state index in [4.69, 9.17) is 4.98 Å². The first-order valence-corrected chi connectivity index (χ1v) is 11.2. The molecule has 1 aliphatic rings. The molecule has 1 aromatic carbocycles. The number of hydrogen-bond donors (Lipinski definition) is 1. The van der Waals surface area contributed by atoms with Gasteiger partial charge in [-0.15, -0.1) is 22.7 Å². The first-order chi connectivity index (χ1) is 13.3. The summed E-state index contributed by atoms with van der Waals surface area (Å²) in [5.41, 5.74) is 2.25. The summed E-state index contributed by atoms with van der Waals surface area (Å²) in [5, 5.41) is 15.0. The van der Waals surface area contributed by atoms with Crippen LogP contribution < -0.4 is 0 Å². The van der Waals surface area contributed by atoms with Crippen LogP contribution in [0.1, 0.15) is 16.3 Å². The van der Waals surface area contributed by atoms with Gasteiger partial charge in [-0.05, 0) is 17.9 Å². The Labute approximate surface area is 168 Å². The van der Waals surface area contributed by atoms with Gasteiger partial charge in [0.05, 0.1) is 12.2 Å². The fraction of sp³-hybridized carbons (Fsp3) is 0.381. The highest BCUT2D eigenvalue weighted by atomic mass is 32.1. The predicted octanol–water partition coefficient (Wildman–Crippen LogP) is 3.94. The van der Waals surface area contributed by atoms with Crippen molar-refractivity contribution in [3.8, 4) is 11.3 Å². The Morgan fingerprint density at radius 3 is 2.70 bits per heavy atom. The second-order valence-electron chi connectivity index (χ2n) is 6.94. The van der Waals surface area contributed by atoms with E-state index in [9.17, 15) is 5.11 Å². The number of thiazole rings is 1. The molecule has 6 heteroatoms. The largest absolute Gasteiger partial charge is 0.396 e. The average Bonchev–Trinajstić information content (AvgIpc) is 3.37. The number of benzene rings is 1. The van der Waals surface area contributed by atoms with Gasteiger partial charge >= 0.3 is 0 Å². The van der Waals surface area contributed by atoms with Crippen molar-refractivity contribution < 1.29 is 5.11 Å². The maximum atomic E-state index is 9.51. The van der Waals surface area contributed by atoms with E-state index < -0.39 is 0 Å². The van der Waals surface area contributed by atoms with Crippen LogP contribution in [-0.2, 0) is 13.1 Å². The quantitative estimate of drug-likeness (QED) is 0.653. The van der Waals surface area contributed by atoms with Crippen molar-refractivity contribution in [2.75, 3.05) is 26.2 Å². The first-order valence-electron chi connectivity index (χ1n) is 9.41. The van der Waals surface area contributed by atoms with E-state index in [1.165, 1.54) is 15.4 Å². The highest BCUT2D eigenvalue weighted by molar-refractivity contribution is 7.10. The molecule has 1 atom stereocenters. The molecule has 0 radical (unpaired) electrons. The third-order valence-electron chi connectivity index (χ3n) is 5.07. The predicted molar refractivity (Wildman–Crippen MR) is 113 cm³/mol. The highest BCUT2D eigenvalue weighted by Crippen LogP contribution is 2.24. The van der Waals surface area contributed by atoms with E-state index >= 15 is 0 Å². The lowest BCUT2D eigenvalue weighted by atomic mass is 10.1. The van der Waals surface area contributed by atoms with E-state index in [0.717, 1.165) is 44.8 Å². The summed E-state index contributed by atoms with van der Waals surface area (Å²) >= 11 is 3.56. The normalized spacial score (nSPS) is 18.8. The van der Waals surface area contributed by atoms with Gasteiger partial charge in [0, 0.05) is 54.6 Å². The average molecular weight is 400 g/mol. The second-order valence-corrected chi connectivity index (χ2v) is 8.92. The SMILES string of the molecule is OCC[C@H]1CN(Cc2nc(-c3ccccc3)cs2)CCN1Cc1cccs1. The Kier molecular flexibility index (Phi) is 6.32. The number of aliphatic hydroxyl groups is 1. The summed E-state index contributed by atoms with van der Waals surface area (Å²) in [6.07, 6.45) is 0.828. The van der Waals surface area contributed by atoms with Crippen LogP contribution in [0.3, 0.4) is 0 Å². The Hall–Kier alpha value is -1.57. The van der Waals surface area contributed by atoms with Crippen molar-refractivity contribution in [2.24, 2.45) is 0 Å². The monoisotopic (exact) mass is 399 g/mol. The van der Waals surface area contributed by atoms with Gasteiger partial charge in [0.2, 0.25) is 0 Å². The smallest absolute Gasteiger partial charge is 0.107 e. The van der Waals surface area contributed by atoms with Crippen LogP contribution in [0.2, 0.25) is 0 Å². The zero-order valence-corrected chi connectivity index (χ0v) is 17.0. The molecule has 4 nitrogen and oxygen atoms in total. The Morgan fingerprint density at radius 1 is 1.04 bits per heavy atom. The molecule has 1 aliphatic heterocycles. The zero-order valence-electron chi connectivity index (χ0n) is 15.3. The van der Waals surface area contributed by atoms with Crippen molar-refractivity contribution >= 4 is 22.7 Å². The Morgan fingerprint density at radius 2 is 1.93 bits per heavy atom. The lowest BCUT2D eigenvalue weighted by molar-refractivity contribution is 0.0506. The van der Waals surface area contributed by atoms with Gasteiger partial charge in [0.1, 0.15) is 5.01 Å². The number of nitrogens with zero attached hydrogens (tertiary/aromatic N) is 3. The Balaban J connectivity index is 1.38. The van der Waals surface area contributed by atoms with Gasteiger partial charge in [0.25, 0.3) is 0 Å². The van der Waals surface area contributed by atoms with Crippen LogP contribution >= 0.6 is 22.7 Å². The molecule has 142 valence electrons. The fourth-order valence-corrected chi connectivity index (χ4v) is 5.22. The van der Waals surface area contributed by atoms with Crippen molar-refractivity contribution in [1.82, 2.24) is 14.8 Å². The number of rotatable bonds is 7. The number of aromatic nitrogens is 1. The van der Waals surface area contributed by atoms with Gasteiger partial charge in [0.15, 0.2) is 0 Å². The summed E-state index contributed by atoms with van der Waals surface area (Å²) < 4.78 is 0. The van der Waals surface area contributed by atoms with Crippen molar-refractivity contribution in [2.45, 2.75) is 25.6 Å². The summed E-state index contributed by atoms with van der Waals surface area (Å²) in [6.45, 7) is 5.21. The van der Waals surface area contributed by atoms with Gasteiger partial charge < -0.3 is 5.11 Å². The van der Waals surface area contributed by atoms with Crippen LogP contribution in [0.5, 0.6) is 0 Å². The number of aliphatic hydroxyl groups excluding tert-OH is 1. The molecule has 2 aromatic heterocycles. The van der Waals surface area contributed by atoms with Gasteiger partial charge in [-0.25, -0.2) is 4.98 Å². The molecular weight excluding hydrogens is 374 g/mol. The molecule has 27 heavy (non-hydrogen) atoms. The van der Waals surface area contributed by atoms with Gasteiger partial charge in [-0.2, -0.15) is 0 Å². The minimum absolute atomic E-state index is 0.245. The maximum Gasteiger partial charge on any atom is 0.107 e. The molecule has 0 spiro atoms. The number of hydrogen-bond acceptors (Lipinski definition) is 6. The van der Waals surface area contributed by atoms with E-state index in [-0.39, 0.29) is 6.61 Å². The molecule has 4 rings (SSSR count). The lowest BCUT2D eigenvalue weighted by Gasteiger charge is -2.41. The molecule has 0 bridgehead atoms. The van der Waals surface area contributed by atoms with E-state index in [0.29, 0.717) is 6.04 Å². The van der Waals surface area contributed by atoms with E-state index in [1.54, 1.807) is 11.3 Å². The molecule has 3 aromatic rings. The topological polar surface area (TPSA) is 39.6 Å². The first kappa shape index (κ1) is 18.8. The molecule has 1 saturated heterocycles. The third kappa shape index (κ3) is 4.83. The molecule has 3 heterocycles. The molecule has 0 amide bonds. The third-order valence-corrected chi connectivity index (χ3v) is 6.77. The molecule has 0 unspecified atom stereocenters. The van der Waals surface area contributed by atoms with Crippen LogP contribution in [0, 0.1) is 0 Å².